The third-order valence-electron chi connectivity index (χ3n) is 4.15. The molecule has 2 unspecified atom stereocenters. The van der Waals surface area contributed by atoms with Gasteiger partial charge in [0.25, 0.3) is 0 Å². The van der Waals surface area contributed by atoms with Gasteiger partial charge in [-0.3, -0.25) is 0 Å². The maximum absolute atomic E-state index is 8.84. The summed E-state index contributed by atoms with van der Waals surface area (Å²) in [5.41, 5.74) is 1.81. The van der Waals surface area contributed by atoms with Gasteiger partial charge in [0.15, 0.2) is 5.96 Å². The molecule has 0 saturated heterocycles. The van der Waals surface area contributed by atoms with Crippen molar-refractivity contribution in [1.82, 2.24) is 10.6 Å². The van der Waals surface area contributed by atoms with Gasteiger partial charge in [-0.1, -0.05) is 18.6 Å². The molecule has 0 heterocycles. The maximum Gasteiger partial charge on any atom is 0.191 e. The van der Waals surface area contributed by atoms with Gasteiger partial charge in [-0.2, -0.15) is 17.0 Å². The molecule has 2 atom stereocenters. The molecule has 1 aliphatic carbocycles. The lowest BCUT2D eigenvalue weighted by molar-refractivity contribution is 0.419. The van der Waals surface area contributed by atoms with Gasteiger partial charge in [0.2, 0.25) is 0 Å². The van der Waals surface area contributed by atoms with Gasteiger partial charge in [-0.25, -0.2) is 4.99 Å². The van der Waals surface area contributed by atoms with Crippen LogP contribution in [-0.4, -0.2) is 30.1 Å². The minimum atomic E-state index is 0. The van der Waals surface area contributed by atoms with E-state index < -0.39 is 0 Å². The Balaban J connectivity index is 0.00000288. The molecule has 2 rings (SSSR count). The van der Waals surface area contributed by atoms with Gasteiger partial charge >= 0.3 is 0 Å². The second kappa shape index (κ2) is 11.6. The molecule has 24 heavy (non-hydrogen) atoms. The van der Waals surface area contributed by atoms with Crippen molar-refractivity contribution in [3.8, 4) is 6.07 Å². The Labute approximate surface area is 166 Å². The van der Waals surface area contributed by atoms with E-state index in [1.165, 1.54) is 25.7 Å². The van der Waals surface area contributed by atoms with E-state index in [0.717, 1.165) is 23.3 Å². The molecule has 0 radical (unpaired) electrons. The Bertz CT molecular complexity index is 553. The largest absolute Gasteiger partial charge is 0.357 e. The van der Waals surface area contributed by atoms with Crippen LogP contribution < -0.4 is 10.6 Å². The summed E-state index contributed by atoms with van der Waals surface area (Å²) in [4.78, 5) is 4.69. The van der Waals surface area contributed by atoms with Crippen molar-refractivity contribution >= 4 is 41.7 Å². The zero-order valence-electron chi connectivity index (χ0n) is 14.4. The number of hydrogen-bond donors (Lipinski definition) is 2. The Morgan fingerprint density at radius 1 is 1.33 bits per heavy atom. The fraction of sp³-hybridized carbons (Fsp3) is 0.556. The predicted molar refractivity (Wildman–Crippen MR) is 114 cm³/mol. The van der Waals surface area contributed by atoms with E-state index in [2.05, 4.69) is 34.9 Å². The summed E-state index contributed by atoms with van der Waals surface area (Å²) in [5, 5.41) is 16.5. The summed E-state index contributed by atoms with van der Waals surface area (Å²) in [7, 11) is 0. The highest BCUT2D eigenvalue weighted by molar-refractivity contribution is 14.0. The van der Waals surface area contributed by atoms with E-state index in [-0.39, 0.29) is 24.0 Å². The lowest BCUT2D eigenvalue weighted by Crippen LogP contribution is -2.45. The maximum atomic E-state index is 8.84. The second-order valence-corrected chi connectivity index (χ2v) is 7.01. The zero-order valence-corrected chi connectivity index (χ0v) is 17.6. The second-order valence-electron chi connectivity index (χ2n) is 5.87. The summed E-state index contributed by atoms with van der Waals surface area (Å²) in [6.07, 6.45) is 7.26. The summed E-state index contributed by atoms with van der Waals surface area (Å²) in [6, 6.07) is 10.3. The highest BCUT2D eigenvalue weighted by atomic mass is 127. The molecular weight excluding hydrogens is 431 g/mol. The van der Waals surface area contributed by atoms with Crippen LogP contribution in [0.5, 0.6) is 0 Å². The molecule has 0 aliphatic heterocycles. The van der Waals surface area contributed by atoms with Gasteiger partial charge in [-0.15, -0.1) is 24.0 Å². The normalized spacial score (nSPS) is 20.6. The average molecular weight is 458 g/mol. The lowest BCUT2D eigenvalue weighted by Gasteiger charge is -2.29. The van der Waals surface area contributed by atoms with Crippen molar-refractivity contribution in [3.63, 3.8) is 0 Å². The van der Waals surface area contributed by atoms with Gasteiger partial charge in [-0.05, 0) is 50.1 Å². The van der Waals surface area contributed by atoms with Gasteiger partial charge < -0.3 is 10.6 Å². The van der Waals surface area contributed by atoms with Crippen LogP contribution >= 0.6 is 35.7 Å². The number of nitrogens with one attached hydrogen (secondary N) is 2. The number of benzene rings is 1. The molecule has 0 amide bonds. The Hall–Kier alpha value is -0.940. The number of nitriles is 1. The molecule has 0 aromatic heterocycles. The van der Waals surface area contributed by atoms with E-state index in [1.54, 1.807) is 0 Å². The Kier molecular flexibility index (Phi) is 10.2. The van der Waals surface area contributed by atoms with Crippen LogP contribution in [0.3, 0.4) is 0 Å². The monoisotopic (exact) mass is 458 g/mol. The molecule has 4 nitrogen and oxygen atoms in total. The van der Waals surface area contributed by atoms with Crippen LogP contribution in [0.25, 0.3) is 0 Å². The molecular formula is C18H27IN4S. The van der Waals surface area contributed by atoms with E-state index >= 15 is 0 Å². The molecule has 132 valence electrons. The van der Waals surface area contributed by atoms with Crippen LogP contribution in [0.4, 0.5) is 0 Å². The molecule has 2 N–H and O–H groups in total. The van der Waals surface area contributed by atoms with Gasteiger partial charge in [0.05, 0.1) is 18.2 Å². The average Bonchev–Trinajstić information content (AvgIpc) is 2.60. The fourth-order valence-electron chi connectivity index (χ4n) is 2.86. The van der Waals surface area contributed by atoms with Crippen molar-refractivity contribution < 1.29 is 0 Å². The highest BCUT2D eigenvalue weighted by Gasteiger charge is 2.21. The van der Waals surface area contributed by atoms with Crippen LogP contribution in [0.15, 0.2) is 29.3 Å². The van der Waals surface area contributed by atoms with Crippen molar-refractivity contribution in [2.24, 2.45) is 4.99 Å². The lowest BCUT2D eigenvalue weighted by atomic mass is 9.95. The van der Waals surface area contributed by atoms with Crippen molar-refractivity contribution in [3.05, 3.63) is 35.4 Å². The standard InChI is InChI=1S/C18H26N4S.HI/c1-3-20-18(22-16-5-4-6-17(11-16)23-2)21-13-15-9-7-14(12-19)8-10-15;/h7-10,16-17H,3-6,11,13H2,1-2H3,(H2,20,21,22);1H. The van der Waals surface area contributed by atoms with Crippen LogP contribution in [0, 0.1) is 11.3 Å². The fourth-order valence-corrected chi connectivity index (χ4v) is 3.69. The molecule has 1 aromatic rings. The number of guanidine groups is 1. The summed E-state index contributed by atoms with van der Waals surface area (Å²) in [6.45, 7) is 3.57. The molecule has 0 spiro atoms. The molecule has 1 saturated carbocycles. The molecule has 0 bridgehead atoms. The molecule has 6 heteroatoms. The first kappa shape index (κ1) is 21.1. The molecule has 1 fully saturated rings. The number of rotatable bonds is 5. The first-order valence-electron chi connectivity index (χ1n) is 8.31. The van der Waals surface area contributed by atoms with Crippen LogP contribution in [0.2, 0.25) is 0 Å². The van der Waals surface area contributed by atoms with E-state index in [4.69, 9.17) is 5.26 Å². The van der Waals surface area contributed by atoms with E-state index in [0.29, 0.717) is 18.2 Å². The minimum Gasteiger partial charge on any atom is -0.357 e. The molecule has 1 aromatic carbocycles. The quantitative estimate of drug-likeness (QED) is 0.399. The first-order chi connectivity index (χ1) is 11.2. The third-order valence-corrected chi connectivity index (χ3v) is 5.24. The Morgan fingerprint density at radius 3 is 2.71 bits per heavy atom. The van der Waals surface area contributed by atoms with E-state index in [1.807, 2.05) is 36.0 Å². The van der Waals surface area contributed by atoms with Crippen molar-refractivity contribution in [1.29, 1.82) is 5.26 Å². The topological polar surface area (TPSA) is 60.2 Å². The Morgan fingerprint density at radius 2 is 2.08 bits per heavy atom. The number of nitrogens with zero attached hydrogens (tertiary/aromatic N) is 2. The first-order valence-corrected chi connectivity index (χ1v) is 9.60. The summed E-state index contributed by atoms with van der Waals surface area (Å²) < 4.78 is 0. The summed E-state index contributed by atoms with van der Waals surface area (Å²) in [5.74, 6) is 0.892. The predicted octanol–water partition coefficient (Wildman–Crippen LogP) is 3.91. The van der Waals surface area contributed by atoms with Crippen LogP contribution in [-0.2, 0) is 6.54 Å². The number of thioether (sulfide) groups is 1. The van der Waals surface area contributed by atoms with Crippen molar-refractivity contribution in [2.75, 3.05) is 12.8 Å². The number of hydrogen-bond acceptors (Lipinski definition) is 3. The van der Waals surface area contributed by atoms with Crippen LogP contribution in [0.1, 0.15) is 43.7 Å². The SMILES string of the molecule is CCNC(=NCc1ccc(C#N)cc1)NC1CCCC(SC)C1.I. The number of aliphatic imine (C=N–C) groups is 1. The van der Waals surface area contributed by atoms with Gasteiger partial charge in [0, 0.05) is 17.8 Å². The zero-order chi connectivity index (χ0) is 16.5. The minimum absolute atomic E-state index is 0. The van der Waals surface area contributed by atoms with E-state index in [9.17, 15) is 0 Å². The number of halogens is 1. The smallest absolute Gasteiger partial charge is 0.191 e. The van der Waals surface area contributed by atoms with Crippen molar-refractivity contribution in [2.45, 2.75) is 50.4 Å². The summed E-state index contributed by atoms with van der Waals surface area (Å²) >= 11 is 1.98. The highest BCUT2D eigenvalue weighted by Crippen LogP contribution is 2.26. The molecule has 1 aliphatic rings. The third kappa shape index (κ3) is 6.89. The van der Waals surface area contributed by atoms with Gasteiger partial charge in [0.1, 0.15) is 0 Å².